The molecule has 1 saturated carbocycles. The third-order valence-electron chi connectivity index (χ3n) is 5.72. The molecule has 0 spiro atoms. The lowest BCUT2D eigenvalue weighted by atomic mass is 9.76. The number of nitrogens with zero attached hydrogens (tertiary/aromatic N) is 1. The lowest BCUT2D eigenvalue weighted by Gasteiger charge is -2.40. The smallest absolute Gasteiger partial charge is 0.414 e. The molecule has 0 aromatic heterocycles. The molecule has 2 atom stereocenters. The molecule has 2 aliphatic rings. The first-order chi connectivity index (χ1) is 11.5. The molecule has 1 amide bonds. The second-order valence-corrected chi connectivity index (χ2v) is 9.36. The molecule has 0 saturated heterocycles. The van der Waals surface area contributed by atoms with E-state index in [0.29, 0.717) is 6.54 Å². The summed E-state index contributed by atoms with van der Waals surface area (Å²) in [6, 6.07) is 6.30. The molecule has 1 aromatic carbocycles. The summed E-state index contributed by atoms with van der Waals surface area (Å²) >= 11 is 0. The van der Waals surface area contributed by atoms with Gasteiger partial charge in [0.25, 0.3) is 0 Å². The highest BCUT2D eigenvalue weighted by molar-refractivity contribution is 5.90. The van der Waals surface area contributed by atoms with Gasteiger partial charge in [0.15, 0.2) is 0 Å². The minimum atomic E-state index is -0.511. The number of amides is 1. The van der Waals surface area contributed by atoms with Crippen LogP contribution in [0.3, 0.4) is 0 Å². The van der Waals surface area contributed by atoms with E-state index >= 15 is 0 Å². The van der Waals surface area contributed by atoms with E-state index in [0.717, 1.165) is 24.8 Å². The Balaban J connectivity index is 1.98. The zero-order chi connectivity index (χ0) is 18.6. The Labute approximate surface area is 150 Å². The summed E-state index contributed by atoms with van der Waals surface area (Å²) in [6.07, 6.45) is 2.57. The van der Waals surface area contributed by atoms with Crippen molar-refractivity contribution in [2.24, 2.45) is 5.92 Å². The summed E-state index contributed by atoms with van der Waals surface area (Å²) in [4.78, 5) is 25.6. The Morgan fingerprint density at radius 3 is 2.52 bits per heavy atom. The molecule has 1 aliphatic carbocycles. The van der Waals surface area contributed by atoms with Gasteiger partial charge < -0.3 is 9.53 Å². The Kier molecular flexibility index (Phi) is 4.01. The SMILES string of the molecule is CC(C)(C)OC(=O)N1CCC(C)(C)c2cc([C@@]3(C)C[C@@H]3C=O)ccc21. The lowest BCUT2D eigenvalue weighted by molar-refractivity contribution is -0.109. The molecule has 0 unspecified atom stereocenters. The van der Waals surface area contributed by atoms with Crippen LogP contribution in [0, 0.1) is 5.92 Å². The van der Waals surface area contributed by atoms with E-state index in [1.165, 1.54) is 11.1 Å². The number of ether oxygens (including phenoxy) is 1. The van der Waals surface area contributed by atoms with Crippen LogP contribution in [-0.2, 0) is 20.4 Å². The van der Waals surface area contributed by atoms with Crippen molar-refractivity contribution in [2.45, 2.75) is 70.8 Å². The largest absolute Gasteiger partial charge is 0.443 e. The molecular formula is C21H29NO3. The molecule has 0 radical (unpaired) electrons. The van der Waals surface area contributed by atoms with Crippen molar-refractivity contribution in [3.8, 4) is 0 Å². The van der Waals surface area contributed by atoms with Crippen LogP contribution in [0.5, 0.6) is 0 Å². The third-order valence-corrected chi connectivity index (χ3v) is 5.72. The second-order valence-electron chi connectivity index (χ2n) is 9.36. The van der Waals surface area contributed by atoms with E-state index in [1.807, 2.05) is 26.8 Å². The van der Waals surface area contributed by atoms with Crippen molar-refractivity contribution in [1.29, 1.82) is 0 Å². The molecule has 4 nitrogen and oxygen atoms in total. The highest BCUT2D eigenvalue weighted by atomic mass is 16.6. The van der Waals surface area contributed by atoms with Crippen molar-refractivity contribution in [1.82, 2.24) is 0 Å². The van der Waals surface area contributed by atoms with E-state index in [1.54, 1.807) is 4.90 Å². The number of aldehydes is 1. The average molecular weight is 343 g/mol. The normalized spacial score (nSPS) is 27.4. The van der Waals surface area contributed by atoms with Crippen LogP contribution in [0.1, 0.15) is 65.5 Å². The zero-order valence-electron chi connectivity index (χ0n) is 16.2. The van der Waals surface area contributed by atoms with E-state index in [-0.39, 0.29) is 22.8 Å². The predicted molar refractivity (Wildman–Crippen MR) is 99.2 cm³/mol. The van der Waals surface area contributed by atoms with Gasteiger partial charge in [0.1, 0.15) is 11.9 Å². The molecule has 4 heteroatoms. The van der Waals surface area contributed by atoms with Crippen LogP contribution in [-0.4, -0.2) is 24.5 Å². The molecule has 0 bridgehead atoms. The first-order valence-corrected chi connectivity index (χ1v) is 9.09. The first-order valence-electron chi connectivity index (χ1n) is 9.09. The van der Waals surface area contributed by atoms with Gasteiger partial charge in [0.05, 0.1) is 5.69 Å². The summed E-state index contributed by atoms with van der Waals surface area (Å²) in [5, 5.41) is 0. The van der Waals surface area contributed by atoms with Gasteiger partial charge in [0.2, 0.25) is 0 Å². The summed E-state index contributed by atoms with van der Waals surface area (Å²) in [6.45, 7) is 12.9. The van der Waals surface area contributed by atoms with Gasteiger partial charge in [-0.05, 0) is 56.2 Å². The van der Waals surface area contributed by atoms with E-state index in [4.69, 9.17) is 4.74 Å². The third kappa shape index (κ3) is 3.19. The minimum absolute atomic E-state index is 0.00815. The Morgan fingerprint density at radius 1 is 1.28 bits per heavy atom. The molecule has 1 aromatic rings. The average Bonchev–Trinajstić information content (AvgIpc) is 3.17. The van der Waals surface area contributed by atoms with Crippen molar-refractivity contribution < 1.29 is 14.3 Å². The van der Waals surface area contributed by atoms with Crippen LogP contribution in [0.25, 0.3) is 0 Å². The van der Waals surface area contributed by atoms with Crippen LogP contribution in [0.15, 0.2) is 18.2 Å². The number of anilines is 1. The fourth-order valence-electron chi connectivity index (χ4n) is 3.75. The topological polar surface area (TPSA) is 46.6 Å². The number of fused-ring (bicyclic) bond motifs is 1. The number of carbonyl (C=O) groups excluding carboxylic acids is 2. The maximum Gasteiger partial charge on any atom is 0.414 e. The number of benzene rings is 1. The van der Waals surface area contributed by atoms with Crippen molar-refractivity contribution in [3.05, 3.63) is 29.3 Å². The molecule has 1 fully saturated rings. The molecule has 1 heterocycles. The summed E-state index contributed by atoms with van der Waals surface area (Å²) in [7, 11) is 0. The van der Waals surface area contributed by atoms with Crippen LogP contribution in [0.4, 0.5) is 10.5 Å². The van der Waals surface area contributed by atoms with Crippen molar-refractivity contribution in [2.75, 3.05) is 11.4 Å². The number of rotatable bonds is 2. The zero-order valence-corrected chi connectivity index (χ0v) is 16.2. The summed E-state index contributed by atoms with van der Waals surface area (Å²) < 4.78 is 5.59. The quantitative estimate of drug-likeness (QED) is 0.738. The van der Waals surface area contributed by atoms with E-state index in [9.17, 15) is 9.59 Å². The fourth-order valence-corrected chi connectivity index (χ4v) is 3.75. The predicted octanol–water partition coefficient (Wildman–Crippen LogP) is 4.59. The molecule has 1 aliphatic heterocycles. The Hall–Kier alpha value is -1.84. The van der Waals surface area contributed by atoms with Gasteiger partial charge in [-0.15, -0.1) is 0 Å². The van der Waals surface area contributed by atoms with Gasteiger partial charge in [-0.1, -0.05) is 32.9 Å². The molecule has 25 heavy (non-hydrogen) atoms. The first kappa shape index (κ1) is 18.0. The number of carbonyl (C=O) groups is 2. The maximum absolute atomic E-state index is 12.6. The van der Waals surface area contributed by atoms with Gasteiger partial charge in [-0.2, -0.15) is 0 Å². The maximum atomic E-state index is 12.6. The van der Waals surface area contributed by atoms with Crippen molar-refractivity contribution in [3.63, 3.8) is 0 Å². The van der Waals surface area contributed by atoms with Crippen molar-refractivity contribution >= 4 is 18.1 Å². The Bertz CT molecular complexity index is 716. The monoisotopic (exact) mass is 343 g/mol. The highest BCUT2D eigenvalue weighted by Crippen LogP contribution is 2.54. The minimum Gasteiger partial charge on any atom is -0.443 e. The molecule has 0 N–H and O–H groups in total. The molecule has 3 rings (SSSR count). The molecular weight excluding hydrogens is 314 g/mol. The summed E-state index contributed by atoms with van der Waals surface area (Å²) in [5.74, 6) is 0.110. The Morgan fingerprint density at radius 2 is 1.96 bits per heavy atom. The summed E-state index contributed by atoms with van der Waals surface area (Å²) in [5.41, 5.74) is 2.72. The second kappa shape index (κ2) is 5.58. The van der Waals surface area contributed by atoms with Gasteiger partial charge in [-0.3, -0.25) is 4.90 Å². The highest BCUT2D eigenvalue weighted by Gasteiger charge is 2.51. The van der Waals surface area contributed by atoms with Crippen LogP contribution in [0.2, 0.25) is 0 Å². The fraction of sp³-hybridized carbons (Fsp3) is 0.619. The van der Waals surface area contributed by atoms with Gasteiger partial charge in [-0.25, -0.2) is 4.79 Å². The van der Waals surface area contributed by atoms with E-state index < -0.39 is 5.60 Å². The number of hydrogen-bond donors (Lipinski definition) is 0. The van der Waals surface area contributed by atoms with Crippen LogP contribution < -0.4 is 4.90 Å². The van der Waals surface area contributed by atoms with E-state index in [2.05, 4.69) is 32.9 Å². The molecule has 136 valence electrons. The number of hydrogen-bond acceptors (Lipinski definition) is 3. The standard InChI is InChI=1S/C21H29NO3/c1-19(2,3)25-18(24)22-10-9-20(4,5)16-11-14(7-8-17(16)22)21(6)12-15(21)13-23/h7-8,11,13,15H,9-10,12H2,1-6H3/t15-,21-/m1/s1. The van der Waals surface area contributed by atoms with Crippen LogP contribution >= 0.6 is 0 Å². The van der Waals surface area contributed by atoms with Gasteiger partial charge in [0, 0.05) is 17.9 Å². The van der Waals surface area contributed by atoms with Gasteiger partial charge >= 0.3 is 6.09 Å². The lowest BCUT2D eigenvalue weighted by Crippen LogP contribution is -2.43.